The SMILES string of the molecule is CCC1CN(C(=O)C2CC23CCNCC3)C(CC)CN1C(C)=O.Cl. The summed E-state index contributed by atoms with van der Waals surface area (Å²) >= 11 is 0. The van der Waals surface area contributed by atoms with Crippen LogP contribution in [0.5, 0.6) is 0 Å². The normalized spacial score (nSPS) is 31.5. The first-order valence-electron chi connectivity index (χ1n) is 9.30. The number of rotatable bonds is 3. The van der Waals surface area contributed by atoms with Crippen molar-refractivity contribution in [3.05, 3.63) is 0 Å². The molecule has 5 nitrogen and oxygen atoms in total. The van der Waals surface area contributed by atoms with Crippen LogP contribution in [0, 0.1) is 11.3 Å². The van der Waals surface area contributed by atoms with Gasteiger partial charge in [0.2, 0.25) is 11.8 Å². The second-order valence-electron chi connectivity index (χ2n) is 7.66. The molecule has 6 heteroatoms. The minimum absolute atomic E-state index is 0. The molecule has 24 heavy (non-hydrogen) atoms. The van der Waals surface area contributed by atoms with Gasteiger partial charge < -0.3 is 15.1 Å². The molecule has 3 unspecified atom stereocenters. The van der Waals surface area contributed by atoms with Crippen molar-refractivity contribution >= 4 is 24.2 Å². The van der Waals surface area contributed by atoms with Crippen LogP contribution in [0.3, 0.4) is 0 Å². The van der Waals surface area contributed by atoms with Crippen LogP contribution in [0.1, 0.15) is 52.9 Å². The van der Waals surface area contributed by atoms with Crippen molar-refractivity contribution in [2.24, 2.45) is 11.3 Å². The predicted octanol–water partition coefficient (Wildman–Crippen LogP) is 2.05. The highest BCUT2D eigenvalue weighted by atomic mass is 35.5. The summed E-state index contributed by atoms with van der Waals surface area (Å²) < 4.78 is 0. The maximum Gasteiger partial charge on any atom is 0.226 e. The molecule has 2 saturated heterocycles. The Balaban J connectivity index is 0.00000208. The minimum atomic E-state index is 0. The van der Waals surface area contributed by atoms with Crippen molar-refractivity contribution < 1.29 is 9.59 Å². The maximum absolute atomic E-state index is 13.1. The van der Waals surface area contributed by atoms with Crippen LogP contribution in [-0.2, 0) is 9.59 Å². The third-order valence-corrected chi connectivity index (χ3v) is 6.41. The molecule has 3 rings (SSSR count). The molecule has 0 radical (unpaired) electrons. The Kier molecular flexibility index (Phi) is 6.19. The molecule has 1 N–H and O–H groups in total. The molecule has 2 heterocycles. The number of nitrogens with one attached hydrogen (secondary N) is 1. The fourth-order valence-electron chi connectivity index (χ4n) is 4.68. The zero-order valence-corrected chi connectivity index (χ0v) is 16.0. The number of amides is 2. The van der Waals surface area contributed by atoms with Crippen molar-refractivity contribution in [2.45, 2.75) is 65.0 Å². The van der Waals surface area contributed by atoms with Crippen LogP contribution in [-0.4, -0.2) is 59.9 Å². The lowest BCUT2D eigenvalue weighted by Gasteiger charge is -2.46. The van der Waals surface area contributed by atoms with Gasteiger partial charge in [0.25, 0.3) is 0 Å². The van der Waals surface area contributed by atoms with E-state index in [0.717, 1.165) is 51.7 Å². The number of halogens is 1. The highest BCUT2D eigenvalue weighted by Crippen LogP contribution is 2.59. The Labute approximate surface area is 151 Å². The van der Waals surface area contributed by atoms with E-state index in [-0.39, 0.29) is 36.3 Å². The van der Waals surface area contributed by atoms with Gasteiger partial charge in [-0.15, -0.1) is 12.4 Å². The Hall–Kier alpha value is -0.810. The standard InChI is InChI=1S/C18H31N3O2.ClH/c1-4-14-12-21(15(5-2)11-20(14)13(3)22)17(23)16-10-18(16)6-8-19-9-7-18;/h14-16,19H,4-12H2,1-3H3;1H. The number of carbonyl (C=O) groups is 2. The van der Waals surface area contributed by atoms with Gasteiger partial charge in [-0.1, -0.05) is 13.8 Å². The molecular formula is C18H32ClN3O2. The van der Waals surface area contributed by atoms with Gasteiger partial charge in [0.05, 0.1) is 0 Å². The molecule has 0 bridgehead atoms. The molecule has 0 aromatic rings. The van der Waals surface area contributed by atoms with E-state index >= 15 is 0 Å². The van der Waals surface area contributed by atoms with Crippen LogP contribution < -0.4 is 5.32 Å². The van der Waals surface area contributed by atoms with E-state index in [1.54, 1.807) is 6.92 Å². The molecule has 1 aliphatic carbocycles. The third-order valence-electron chi connectivity index (χ3n) is 6.41. The van der Waals surface area contributed by atoms with Gasteiger partial charge in [-0.05, 0) is 50.6 Å². The van der Waals surface area contributed by atoms with Crippen molar-refractivity contribution in [1.29, 1.82) is 0 Å². The van der Waals surface area contributed by atoms with E-state index in [1.807, 2.05) is 4.90 Å². The number of piperidine rings is 1. The highest BCUT2D eigenvalue weighted by Gasteiger charge is 2.59. The molecule has 3 atom stereocenters. The lowest BCUT2D eigenvalue weighted by atomic mass is 9.91. The van der Waals surface area contributed by atoms with E-state index < -0.39 is 0 Å². The Morgan fingerprint density at radius 3 is 2.12 bits per heavy atom. The summed E-state index contributed by atoms with van der Waals surface area (Å²) in [5.74, 6) is 0.740. The minimum Gasteiger partial charge on any atom is -0.336 e. The quantitative estimate of drug-likeness (QED) is 0.841. The summed E-state index contributed by atoms with van der Waals surface area (Å²) in [4.78, 5) is 29.2. The third kappa shape index (κ3) is 3.43. The number of nitrogens with zero attached hydrogens (tertiary/aromatic N) is 2. The van der Waals surface area contributed by atoms with Crippen LogP contribution in [0.15, 0.2) is 0 Å². The first kappa shape index (κ1) is 19.5. The second-order valence-corrected chi connectivity index (χ2v) is 7.66. The molecule has 1 spiro atoms. The van der Waals surface area contributed by atoms with E-state index in [9.17, 15) is 9.59 Å². The van der Waals surface area contributed by atoms with Crippen LogP contribution >= 0.6 is 12.4 Å². The molecule has 138 valence electrons. The molecule has 1 saturated carbocycles. The van der Waals surface area contributed by atoms with Gasteiger partial charge in [-0.25, -0.2) is 0 Å². The summed E-state index contributed by atoms with van der Waals surface area (Å²) in [5, 5.41) is 3.40. The fraction of sp³-hybridized carbons (Fsp3) is 0.889. The monoisotopic (exact) mass is 357 g/mol. The van der Waals surface area contributed by atoms with Crippen LogP contribution in [0.2, 0.25) is 0 Å². The van der Waals surface area contributed by atoms with Gasteiger partial charge in [-0.2, -0.15) is 0 Å². The molecule has 3 aliphatic rings. The zero-order valence-electron chi connectivity index (χ0n) is 15.2. The molecule has 0 aromatic heterocycles. The topological polar surface area (TPSA) is 52.7 Å². The first-order chi connectivity index (χ1) is 11.0. The van der Waals surface area contributed by atoms with Crippen LogP contribution in [0.25, 0.3) is 0 Å². The second kappa shape index (κ2) is 7.61. The number of hydrogen-bond acceptors (Lipinski definition) is 3. The zero-order chi connectivity index (χ0) is 16.6. The maximum atomic E-state index is 13.1. The molecular weight excluding hydrogens is 326 g/mol. The molecule has 3 fully saturated rings. The van der Waals surface area contributed by atoms with E-state index in [0.29, 0.717) is 17.9 Å². The summed E-state index contributed by atoms with van der Waals surface area (Å²) in [5.41, 5.74) is 0.292. The number of piperazine rings is 1. The van der Waals surface area contributed by atoms with Crippen molar-refractivity contribution in [2.75, 3.05) is 26.2 Å². The van der Waals surface area contributed by atoms with Gasteiger partial charge >= 0.3 is 0 Å². The Morgan fingerprint density at radius 1 is 1.04 bits per heavy atom. The largest absolute Gasteiger partial charge is 0.336 e. The van der Waals surface area contributed by atoms with Gasteiger partial charge in [0.1, 0.15) is 0 Å². The van der Waals surface area contributed by atoms with Crippen LogP contribution in [0.4, 0.5) is 0 Å². The Morgan fingerprint density at radius 2 is 1.58 bits per heavy atom. The molecule has 0 aromatic carbocycles. The summed E-state index contributed by atoms with van der Waals surface area (Å²) in [6.45, 7) is 9.42. The smallest absolute Gasteiger partial charge is 0.226 e. The van der Waals surface area contributed by atoms with Crippen molar-refractivity contribution in [3.8, 4) is 0 Å². The van der Waals surface area contributed by atoms with E-state index in [2.05, 4.69) is 24.1 Å². The predicted molar refractivity (Wildman–Crippen MR) is 97.1 cm³/mol. The highest BCUT2D eigenvalue weighted by molar-refractivity contribution is 5.85. The van der Waals surface area contributed by atoms with Gasteiger partial charge in [-0.3, -0.25) is 9.59 Å². The average molecular weight is 358 g/mol. The average Bonchev–Trinajstić information content (AvgIpc) is 3.26. The van der Waals surface area contributed by atoms with Gasteiger partial charge in [0, 0.05) is 38.0 Å². The van der Waals surface area contributed by atoms with Crippen molar-refractivity contribution in [1.82, 2.24) is 15.1 Å². The molecule has 2 amide bonds. The van der Waals surface area contributed by atoms with Crippen molar-refractivity contribution in [3.63, 3.8) is 0 Å². The fourth-order valence-corrected chi connectivity index (χ4v) is 4.68. The lowest BCUT2D eigenvalue weighted by molar-refractivity contribution is -0.147. The molecule has 2 aliphatic heterocycles. The first-order valence-corrected chi connectivity index (χ1v) is 9.30. The summed E-state index contributed by atoms with van der Waals surface area (Å²) in [7, 11) is 0. The number of carbonyl (C=O) groups excluding carboxylic acids is 2. The summed E-state index contributed by atoms with van der Waals surface area (Å²) in [6.07, 6.45) is 5.20. The number of hydrogen-bond donors (Lipinski definition) is 1. The Bertz CT molecular complexity index is 479. The summed E-state index contributed by atoms with van der Waals surface area (Å²) in [6, 6.07) is 0.371. The lowest BCUT2D eigenvalue weighted by Crippen LogP contribution is -2.61. The van der Waals surface area contributed by atoms with E-state index in [4.69, 9.17) is 0 Å². The van der Waals surface area contributed by atoms with E-state index in [1.165, 1.54) is 0 Å². The van der Waals surface area contributed by atoms with Gasteiger partial charge in [0.15, 0.2) is 0 Å².